The van der Waals surface area contributed by atoms with E-state index >= 15 is 0 Å². The van der Waals surface area contributed by atoms with Crippen LogP contribution in [0.15, 0.2) is 17.0 Å². The molecule has 1 saturated heterocycles. The topological polar surface area (TPSA) is 92.5 Å². The first-order chi connectivity index (χ1) is 9.48. The Hall–Kier alpha value is -1.60. The molecule has 6 nitrogen and oxygen atoms in total. The third-order valence-electron chi connectivity index (χ3n) is 3.79. The number of nitrogen functional groups attached to an aromatic ring is 1. The van der Waals surface area contributed by atoms with Crippen molar-refractivity contribution in [2.45, 2.75) is 30.6 Å². The average molecular weight is 295 g/mol. The number of fused-ring (bicyclic) bond motifs is 1. The fourth-order valence-corrected chi connectivity index (χ4v) is 4.35. The van der Waals surface area contributed by atoms with E-state index in [0.717, 1.165) is 19.3 Å². The molecule has 0 unspecified atom stereocenters. The van der Waals surface area contributed by atoms with Gasteiger partial charge in [-0.3, -0.25) is 4.79 Å². The predicted molar refractivity (Wildman–Crippen MR) is 75.8 cm³/mol. The molecule has 0 aliphatic carbocycles. The fourth-order valence-electron chi connectivity index (χ4n) is 2.75. The van der Waals surface area contributed by atoms with Crippen LogP contribution in [0.2, 0.25) is 0 Å². The summed E-state index contributed by atoms with van der Waals surface area (Å²) in [6.07, 6.45) is 3.03. The highest BCUT2D eigenvalue weighted by Gasteiger charge is 2.29. The minimum absolute atomic E-state index is 0.153. The zero-order chi connectivity index (χ0) is 14.3. The molecule has 2 aliphatic heterocycles. The van der Waals surface area contributed by atoms with Gasteiger partial charge in [-0.05, 0) is 30.5 Å². The quantitative estimate of drug-likeness (QED) is 0.794. The summed E-state index contributed by atoms with van der Waals surface area (Å²) < 4.78 is 26.7. The summed E-state index contributed by atoms with van der Waals surface area (Å²) in [7, 11) is -3.51. The molecular formula is C13H17N3O3S. The van der Waals surface area contributed by atoms with Crippen LogP contribution < -0.4 is 11.1 Å². The second-order valence-electron chi connectivity index (χ2n) is 5.24. The van der Waals surface area contributed by atoms with Crippen molar-refractivity contribution in [1.82, 2.24) is 4.31 Å². The highest BCUT2D eigenvalue weighted by atomic mass is 32.2. The number of rotatable bonds is 2. The Balaban J connectivity index is 2.00. The SMILES string of the molecule is Nc1cc(S(=O)(=O)N2CCCCC2)cc2c1NC(=O)C2. The zero-order valence-corrected chi connectivity index (χ0v) is 11.9. The van der Waals surface area contributed by atoms with Crippen molar-refractivity contribution in [2.75, 3.05) is 24.1 Å². The maximum atomic E-state index is 12.6. The van der Waals surface area contributed by atoms with Gasteiger partial charge in [-0.1, -0.05) is 6.42 Å². The number of nitrogens with one attached hydrogen (secondary N) is 1. The van der Waals surface area contributed by atoms with Gasteiger partial charge in [0.25, 0.3) is 0 Å². The van der Waals surface area contributed by atoms with Gasteiger partial charge in [0.05, 0.1) is 22.7 Å². The first kappa shape index (κ1) is 13.4. The molecule has 2 aliphatic rings. The minimum Gasteiger partial charge on any atom is -0.397 e. The van der Waals surface area contributed by atoms with Crippen LogP contribution in [0, 0.1) is 0 Å². The minimum atomic E-state index is -3.51. The van der Waals surface area contributed by atoms with Crippen LogP contribution in [0.4, 0.5) is 11.4 Å². The highest BCUT2D eigenvalue weighted by Crippen LogP contribution is 2.33. The lowest BCUT2D eigenvalue weighted by atomic mass is 10.1. The number of hydrogen-bond acceptors (Lipinski definition) is 4. The number of sulfonamides is 1. The van der Waals surface area contributed by atoms with Crippen LogP contribution in [0.25, 0.3) is 0 Å². The highest BCUT2D eigenvalue weighted by molar-refractivity contribution is 7.89. The van der Waals surface area contributed by atoms with Crippen LogP contribution in [0.3, 0.4) is 0 Å². The molecule has 0 atom stereocenters. The van der Waals surface area contributed by atoms with Gasteiger partial charge in [-0.2, -0.15) is 4.31 Å². The molecule has 0 spiro atoms. The molecule has 1 aromatic carbocycles. The molecule has 1 fully saturated rings. The second-order valence-corrected chi connectivity index (χ2v) is 7.17. The van der Waals surface area contributed by atoms with Crippen molar-refractivity contribution in [1.29, 1.82) is 0 Å². The molecule has 0 radical (unpaired) electrons. The van der Waals surface area contributed by atoms with Gasteiger partial charge in [0, 0.05) is 13.1 Å². The molecule has 0 saturated carbocycles. The first-order valence-electron chi connectivity index (χ1n) is 6.71. The normalized spacial score (nSPS) is 19.7. The summed E-state index contributed by atoms with van der Waals surface area (Å²) in [5.74, 6) is -0.153. The molecule has 0 aromatic heterocycles. The van der Waals surface area contributed by atoms with E-state index in [9.17, 15) is 13.2 Å². The predicted octanol–water partition coefficient (Wildman–Crippen LogP) is 0.938. The summed E-state index contributed by atoms with van der Waals surface area (Å²) in [5.41, 5.74) is 7.38. The molecule has 1 amide bonds. The molecule has 1 aromatic rings. The van der Waals surface area contributed by atoms with Crippen molar-refractivity contribution in [3.8, 4) is 0 Å². The summed E-state index contributed by atoms with van der Waals surface area (Å²) in [4.78, 5) is 11.6. The molecular weight excluding hydrogens is 278 g/mol. The van der Waals surface area contributed by atoms with Crippen LogP contribution in [0.1, 0.15) is 24.8 Å². The molecule has 20 heavy (non-hydrogen) atoms. The van der Waals surface area contributed by atoms with Gasteiger partial charge in [-0.25, -0.2) is 8.42 Å². The molecule has 3 rings (SSSR count). The van der Waals surface area contributed by atoms with E-state index in [1.807, 2.05) is 0 Å². The Kier molecular flexibility index (Phi) is 3.18. The lowest BCUT2D eigenvalue weighted by molar-refractivity contribution is -0.115. The number of benzene rings is 1. The van der Waals surface area contributed by atoms with E-state index in [1.54, 1.807) is 6.07 Å². The van der Waals surface area contributed by atoms with Crippen molar-refractivity contribution in [3.05, 3.63) is 17.7 Å². The van der Waals surface area contributed by atoms with E-state index in [0.29, 0.717) is 30.0 Å². The number of carbonyl (C=O) groups is 1. The van der Waals surface area contributed by atoms with Gasteiger partial charge in [-0.15, -0.1) is 0 Å². The van der Waals surface area contributed by atoms with Gasteiger partial charge in [0.1, 0.15) is 0 Å². The van der Waals surface area contributed by atoms with E-state index in [4.69, 9.17) is 5.73 Å². The van der Waals surface area contributed by atoms with Gasteiger partial charge < -0.3 is 11.1 Å². The van der Waals surface area contributed by atoms with E-state index in [1.165, 1.54) is 10.4 Å². The number of anilines is 2. The second kappa shape index (κ2) is 4.75. The maximum Gasteiger partial charge on any atom is 0.243 e. The Morgan fingerprint density at radius 2 is 1.85 bits per heavy atom. The number of hydrogen-bond donors (Lipinski definition) is 2. The Morgan fingerprint density at radius 1 is 1.15 bits per heavy atom. The number of amides is 1. The summed E-state index contributed by atoms with van der Waals surface area (Å²) in [5, 5.41) is 2.65. The summed E-state index contributed by atoms with van der Waals surface area (Å²) in [6, 6.07) is 3.00. The molecule has 0 bridgehead atoms. The lowest BCUT2D eigenvalue weighted by Gasteiger charge is -2.26. The third kappa shape index (κ3) is 2.16. The fraction of sp³-hybridized carbons (Fsp3) is 0.462. The summed E-state index contributed by atoms with van der Waals surface area (Å²) >= 11 is 0. The van der Waals surface area contributed by atoms with Crippen LogP contribution in [0.5, 0.6) is 0 Å². The Morgan fingerprint density at radius 3 is 2.55 bits per heavy atom. The van der Waals surface area contributed by atoms with Crippen molar-refractivity contribution < 1.29 is 13.2 Å². The van der Waals surface area contributed by atoms with Crippen LogP contribution in [-0.2, 0) is 21.2 Å². The van der Waals surface area contributed by atoms with Gasteiger partial charge in [0.2, 0.25) is 15.9 Å². The Bertz CT molecular complexity index is 664. The van der Waals surface area contributed by atoms with Gasteiger partial charge >= 0.3 is 0 Å². The molecule has 3 N–H and O–H groups in total. The van der Waals surface area contributed by atoms with Crippen LogP contribution in [-0.4, -0.2) is 31.7 Å². The van der Waals surface area contributed by atoms with Crippen molar-refractivity contribution >= 4 is 27.3 Å². The van der Waals surface area contributed by atoms with Crippen molar-refractivity contribution in [2.24, 2.45) is 0 Å². The third-order valence-corrected chi connectivity index (χ3v) is 5.67. The molecule has 7 heteroatoms. The summed E-state index contributed by atoms with van der Waals surface area (Å²) in [6.45, 7) is 1.10. The number of piperidine rings is 1. The maximum absolute atomic E-state index is 12.6. The number of nitrogens with zero attached hydrogens (tertiary/aromatic N) is 1. The number of nitrogens with two attached hydrogens (primary N) is 1. The largest absolute Gasteiger partial charge is 0.397 e. The monoisotopic (exact) mass is 295 g/mol. The average Bonchev–Trinajstić information content (AvgIpc) is 2.81. The molecule has 108 valence electrons. The lowest BCUT2D eigenvalue weighted by Crippen LogP contribution is -2.35. The first-order valence-corrected chi connectivity index (χ1v) is 8.15. The van der Waals surface area contributed by atoms with E-state index < -0.39 is 10.0 Å². The van der Waals surface area contributed by atoms with Gasteiger partial charge in [0.15, 0.2) is 0 Å². The smallest absolute Gasteiger partial charge is 0.243 e. The van der Waals surface area contributed by atoms with E-state index in [2.05, 4.69) is 5.32 Å². The number of carbonyl (C=O) groups excluding carboxylic acids is 1. The van der Waals surface area contributed by atoms with Crippen LogP contribution >= 0.6 is 0 Å². The standard InChI is InChI=1S/C13H17N3O3S/c14-11-8-10(6-9-7-12(17)15-13(9)11)20(18,19)16-4-2-1-3-5-16/h6,8H,1-5,7,14H2,(H,15,17). The molecule has 2 heterocycles. The Labute approximate surface area is 118 Å². The zero-order valence-electron chi connectivity index (χ0n) is 11.1. The van der Waals surface area contributed by atoms with E-state index in [-0.39, 0.29) is 17.2 Å². The van der Waals surface area contributed by atoms with Crippen molar-refractivity contribution in [3.63, 3.8) is 0 Å².